The molecule has 0 radical (unpaired) electrons. The van der Waals surface area contributed by atoms with Crippen LogP contribution in [0.5, 0.6) is 0 Å². The summed E-state index contributed by atoms with van der Waals surface area (Å²) in [6, 6.07) is 23.1. The lowest BCUT2D eigenvalue weighted by atomic mass is 9.69. The number of hydrogen-bond acceptors (Lipinski definition) is 5. The maximum atomic E-state index is 13.6. The fraction of sp³-hybridized carbons (Fsp3) is 0.444. The van der Waals surface area contributed by atoms with Gasteiger partial charge < -0.3 is 9.47 Å². The molecule has 2 bridgehead atoms. The predicted octanol–water partition coefficient (Wildman–Crippen LogP) is 6.39. The number of hydrogen-bond donors (Lipinski definition) is 1. The number of sulfonamides is 1. The monoisotopic (exact) mass is 659 g/mol. The van der Waals surface area contributed by atoms with Crippen molar-refractivity contribution in [1.29, 1.82) is 0 Å². The molecule has 1 unspecified atom stereocenters. The minimum atomic E-state index is -4.04. The molecule has 3 fully saturated rings. The van der Waals surface area contributed by atoms with E-state index in [1.54, 1.807) is 6.07 Å². The molecule has 8 nitrogen and oxygen atoms in total. The first kappa shape index (κ1) is 31.4. The Morgan fingerprint density at radius 3 is 2.33 bits per heavy atom. The number of carbonyl (C=O) groups excluding carboxylic acids is 1. The number of rotatable bonds is 7. The van der Waals surface area contributed by atoms with Gasteiger partial charge in [-0.3, -0.25) is 9.69 Å². The van der Waals surface area contributed by atoms with Gasteiger partial charge in [-0.05, 0) is 107 Å². The first-order chi connectivity index (χ1) is 22.0. The van der Waals surface area contributed by atoms with Crippen LogP contribution in [-0.2, 0) is 15.4 Å². The zero-order valence-corrected chi connectivity index (χ0v) is 28.1. The summed E-state index contributed by atoms with van der Waals surface area (Å²) in [7, 11) is -4.04. The summed E-state index contributed by atoms with van der Waals surface area (Å²) in [5.41, 5.74) is 5.26. The van der Waals surface area contributed by atoms with Crippen LogP contribution >= 0.6 is 11.6 Å². The highest BCUT2D eigenvalue weighted by Gasteiger charge is 2.44. The molecule has 3 aliphatic rings. The minimum Gasteiger partial charge on any atom is -0.339 e. The average molecular weight is 660 g/mol. The summed E-state index contributed by atoms with van der Waals surface area (Å²) in [4.78, 5) is 22.9. The van der Waals surface area contributed by atoms with Gasteiger partial charge in [-0.2, -0.15) is 0 Å². The van der Waals surface area contributed by atoms with E-state index >= 15 is 0 Å². The van der Waals surface area contributed by atoms with E-state index in [2.05, 4.69) is 71.8 Å². The average Bonchev–Trinajstić information content (AvgIpc) is 3.50. The molecule has 242 valence electrons. The van der Waals surface area contributed by atoms with Crippen LogP contribution in [0.4, 0.5) is 0 Å². The van der Waals surface area contributed by atoms with Gasteiger partial charge in [0.25, 0.3) is 5.91 Å². The van der Waals surface area contributed by atoms with Crippen molar-refractivity contribution in [3.8, 4) is 0 Å². The number of imidazole rings is 1. The molecule has 1 aromatic heterocycles. The Balaban J connectivity index is 1.08. The van der Waals surface area contributed by atoms with Crippen LogP contribution in [0.1, 0.15) is 78.3 Å². The van der Waals surface area contributed by atoms with E-state index < -0.39 is 10.0 Å². The van der Waals surface area contributed by atoms with Gasteiger partial charge in [-0.15, -0.1) is 0 Å². The molecule has 0 saturated carbocycles. The van der Waals surface area contributed by atoms with Crippen molar-refractivity contribution >= 4 is 38.6 Å². The maximum Gasteiger partial charge on any atom is 0.253 e. The number of para-hydroxylation sites is 2. The smallest absolute Gasteiger partial charge is 0.253 e. The van der Waals surface area contributed by atoms with Crippen LogP contribution in [0, 0.1) is 13.8 Å². The third kappa shape index (κ3) is 5.65. The largest absolute Gasteiger partial charge is 0.339 e. The summed E-state index contributed by atoms with van der Waals surface area (Å²) in [5, 5.41) is 5.37. The van der Waals surface area contributed by atoms with Crippen molar-refractivity contribution in [2.24, 2.45) is 5.14 Å². The highest BCUT2D eigenvalue weighted by molar-refractivity contribution is 7.89. The quantitative estimate of drug-likeness (QED) is 0.248. The summed E-state index contributed by atoms with van der Waals surface area (Å²) < 4.78 is 26.6. The number of benzene rings is 3. The second kappa shape index (κ2) is 12.1. The molecular weight excluding hydrogens is 618 g/mol. The lowest BCUT2D eigenvalue weighted by molar-refractivity contribution is 0.0606. The second-order valence-electron chi connectivity index (χ2n) is 13.6. The number of nitrogens with zero attached hydrogens (tertiary/aromatic N) is 4. The summed E-state index contributed by atoms with van der Waals surface area (Å²) in [5.74, 6) is 0.917. The number of primary sulfonamides is 1. The van der Waals surface area contributed by atoms with Gasteiger partial charge in [0.2, 0.25) is 10.0 Å². The lowest BCUT2D eigenvalue weighted by Crippen LogP contribution is -2.49. The Morgan fingerprint density at radius 1 is 0.957 bits per heavy atom. The number of aromatic nitrogens is 2. The molecule has 7 rings (SSSR count). The van der Waals surface area contributed by atoms with Gasteiger partial charge >= 0.3 is 0 Å². The zero-order chi connectivity index (χ0) is 32.2. The number of nitrogens with two attached hydrogens (primary N) is 1. The molecular formula is C36H42ClN5O3S. The number of piperidine rings is 2. The van der Waals surface area contributed by atoms with Gasteiger partial charge in [0.1, 0.15) is 10.7 Å². The predicted molar refractivity (Wildman–Crippen MR) is 182 cm³/mol. The number of fused-ring (bicyclic) bond motifs is 3. The summed E-state index contributed by atoms with van der Waals surface area (Å²) in [6.07, 6.45) is 7.54. The van der Waals surface area contributed by atoms with E-state index in [4.69, 9.17) is 21.7 Å². The Kier molecular flexibility index (Phi) is 8.24. The molecule has 10 heteroatoms. The van der Waals surface area contributed by atoms with Crippen molar-refractivity contribution in [3.05, 3.63) is 94.3 Å². The molecule has 4 aromatic rings. The lowest BCUT2D eigenvalue weighted by Gasteiger charge is -2.46. The van der Waals surface area contributed by atoms with E-state index in [-0.39, 0.29) is 26.8 Å². The standard InChI is InChI=1S/C36H42ClN5O3S/c1-24-7-3-4-8-30(24)36(15-18-40(19-16-36)35(43)26-11-14-31(37)34(21-26)46(38,44)45)17-20-41-27-12-13-28(41)23-29(22-27)42-25(2)39-32-9-5-6-10-33(32)42/h3-11,14,21,27-29H,12-13,15-20,22-23H2,1-2H3,(H2,38,44,45)/t27-,28+,29?. The number of amides is 1. The molecule has 4 heterocycles. The fourth-order valence-corrected chi connectivity index (χ4v) is 9.86. The van der Waals surface area contributed by atoms with Gasteiger partial charge in [0, 0.05) is 42.2 Å². The number of carbonyl (C=O) groups is 1. The fourth-order valence-electron chi connectivity index (χ4n) is 8.79. The molecule has 0 spiro atoms. The van der Waals surface area contributed by atoms with Crippen LogP contribution in [0.25, 0.3) is 11.0 Å². The van der Waals surface area contributed by atoms with E-state index in [0.717, 1.165) is 50.0 Å². The number of halogens is 1. The SMILES string of the molecule is Cc1ccccc1C1(CCN2[C@@H]3CC[C@H]2CC(n2c(C)nc4ccccc42)C3)CCN(C(=O)c2ccc(Cl)c(S(N)(=O)=O)c2)CC1. The van der Waals surface area contributed by atoms with E-state index in [9.17, 15) is 13.2 Å². The van der Waals surface area contributed by atoms with Crippen molar-refractivity contribution in [2.75, 3.05) is 19.6 Å². The minimum absolute atomic E-state index is 0.0165. The van der Waals surface area contributed by atoms with Crippen molar-refractivity contribution in [2.45, 2.75) is 87.2 Å². The van der Waals surface area contributed by atoms with Crippen molar-refractivity contribution in [1.82, 2.24) is 19.4 Å². The molecule has 1 amide bonds. The van der Waals surface area contributed by atoms with Crippen LogP contribution in [-0.4, -0.2) is 65.4 Å². The first-order valence-corrected chi connectivity index (χ1v) is 18.3. The second-order valence-corrected chi connectivity index (χ2v) is 15.5. The van der Waals surface area contributed by atoms with Crippen LogP contribution < -0.4 is 5.14 Å². The Morgan fingerprint density at radius 2 is 1.63 bits per heavy atom. The van der Waals surface area contributed by atoms with Gasteiger partial charge in [-0.25, -0.2) is 18.5 Å². The van der Waals surface area contributed by atoms with E-state index in [0.29, 0.717) is 31.2 Å². The topological polar surface area (TPSA) is 102 Å². The van der Waals surface area contributed by atoms with Gasteiger partial charge in [0.15, 0.2) is 0 Å². The molecule has 3 aliphatic heterocycles. The third-order valence-electron chi connectivity index (χ3n) is 11.1. The van der Waals surface area contributed by atoms with Gasteiger partial charge in [0.05, 0.1) is 16.1 Å². The molecule has 3 aromatic carbocycles. The zero-order valence-electron chi connectivity index (χ0n) is 26.5. The molecule has 0 aliphatic carbocycles. The van der Waals surface area contributed by atoms with Gasteiger partial charge in [-0.1, -0.05) is 48.0 Å². The summed E-state index contributed by atoms with van der Waals surface area (Å²) in [6.45, 7) is 6.58. The highest BCUT2D eigenvalue weighted by Crippen LogP contribution is 2.45. The van der Waals surface area contributed by atoms with Crippen molar-refractivity contribution in [3.63, 3.8) is 0 Å². The third-order valence-corrected chi connectivity index (χ3v) is 12.4. The van der Waals surface area contributed by atoms with Crippen LogP contribution in [0.15, 0.2) is 71.6 Å². The molecule has 3 saturated heterocycles. The normalized spacial score (nSPS) is 23.2. The Hall–Kier alpha value is -3.24. The summed E-state index contributed by atoms with van der Waals surface area (Å²) >= 11 is 6.09. The van der Waals surface area contributed by atoms with Crippen molar-refractivity contribution < 1.29 is 13.2 Å². The molecule has 3 atom stereocenters. The number of aryl methyl sites for hydroxylation is 2. The molecule has 2 N–H and O–H groups in total. The first-order valence-electron chi connectivity index (χ1n) is 16.4. The Bertz CT molecular complexity index is 1880. The van der Waals surface area contributed by atoms with Crippen LogP contribution in [0.3, 0.4) is 0 Å². The Labute approximate surface area is 276 Å². The van der Waals surface area contributed by atoms with E-state index in [1.165, 1.54) is 41.6 Å². The highest BCUT2D eigenvalue weighted by atomic mass is 35.5. The maximum absolute atomic E-state index is 13.6. The number of likely N-dealkylation sites (tertiary alicyclic amines) is 1. The van der Waals surface area contributed by atoms with Crippen LogP contribution in [0.2, 0.25) is 5.02 Å². The van der Waals surface area contributed by atoms with E-state index in [1.807, 2.05) is 4.90 Å². The molecule has 46 heavy (non-hydrogen) atoms.